The van der Waals surface area contributed by atoms with Gasteiger partial charge < -0.3 is 20.2 Å². The molecule has 1 aliphatic carbocycles. The van der Waals surface area contributed by atoms with E-state index in [0.717, 1.165) is 53.8 Å². The van der Waals surface area contributed by atoms with Gasteiger partial charge in [-0.1, -0.05) is 6.07 Å². The van der Waals surface area contributed by atoms with Crippen LogP contribution < -0.4 is 15.8 Å². The first-order valence-electron chi connectivity index (χ1n) is 12.0. The molecule has 0 radical (unpaired) electrons. The molecule has 4 aromatic rings. The van der Waals surface area contributed by atoms with Crippen LogP contribution in [0, 0.1) is 13.8 Å². The number of fused-ring (bicyclic) bond motifs is 1. The van der Waals surface area contributed by atoms with Crippen LogP contribution in [0.2, 0.25) is 0 Å². The summed E-state index contributed by atoms with van der Waals surface area (Å²) in [4.78, 5) is 33.5. The molecule has 4 heterocycles. The number of nitrogens with one attached hydrogen (secondary N) is 1. The van der Waals surface area contributed by atoms with E-state index in [9.17, 15) is 9.59 Å². The van der Waals surface area contributed by atoms with Crippen LogP contribution in [0.4, 0.5) is 0 Å². The Morgan fingerprint density at radius 3 is 2.58 bits per heavy atom. The molecule has 1 fully saturated rings. The molecule has 186 valence electrons. The van der Waals surface area contributed by atoms with Gasteiger partial charge in [-0.05, 0) is 57.7 Å². The fourth-order valence-electron chi connectivity index (χ4n) is 4.85. The number of nitrogens with zero attached hydrogens (tertiary/aromatic N) is 5. The Hall–Kier alpha value is -4.21. The van der Waals surface area contributed by atoms with Crippen molar-refractivity contribution >= 4 is 17.3 Å². The molecule has 0 bridgehead atoms. The van der Waals surface area contributed by atoms with Gasteiger partial charge in [-0.3, -0.25) is 14.3 Å². The Morgan fingerprint density at radius 1 is 1.11 bits per heavy atom. The number of imidazole rings is 1. The second kappa shape index (κ2) is 9.44. The maximum absolute atomic E-state index is 13.2. The van der Waals surface area contributed by atoms with Gasteiger partial charge in [0.2, 0.25) is 5.88 Å². The lowest BCUT2D eigenvalue weighted by Crippen LogP contribution is -2.40. The third kappa shape index (κ3) is 4.53. The zero-order valence-corrected chi connectivity index (χ0v) is 20.6. The number of pyridine rings is 2. The topological polar surface area (TPSA) is 129 Å². The van der Waals surface area contributed by atoms with E-state index in [-0.39, 0.29) is 29.5 Å². The van der Waals surface area contributed by atoms with Gasteiger partial charge in [0.1, 0.15) is 17.5 Å². The largest absolute Gasteiger partial charge is 0.474 e. The zero-order chi connectivity index (χ0) is 25.4. The third-order valence-electron chi connectivity index (χ3n) is 6.68. The van der Waals surface area contributed by atoms with Crippen molar-refractivity contribution in [1.29, 1.82) is 0 Å². The molecular formula is C26H29N7O3. The summed E-state index contributed by atoms with van der Waals surface area (Å²) in [6.07, 6.45) is 8.45. The first-order chi connectivity index (χ1) is 17.3. The molecule has 3 N–H and O–H groups in total. The molecule has 1 aliphatic rings. The van der Waals surface area contributed by atoms with E-state index in [1.807, 2.05) is 49.8 Å². The second-order valence-electron chi connectivity index (χ2n) is 9.27. The zero-order valence-electron chi connectivity index (χ0n) is 20.6. The first-order valence-corrected chi connectivity index (χ1v) is 12.0. The predicted octanol–water partition coefficient (Wildman–Crippen LogP) is 2.97. The summed E-state index contributed by atoms with van der Waals surface area (Å²) in [7, 11) is 1.90. The van der Waals surface area contributed by atoms with Crippen LogP contribution in [0.1, 0.15) is 58.0 Å². The van der Waals surface area contributed by atoms with Gasteiger partial charge in [-0.2, -0.15) is 5.10 Å². The molecule has 0 atom stereocenters. The Bertz CT molecular complexity index is 1450. The molecule has 10 heteroatoms. The van der Waals surface area contributed by atoms with E-state index in [4.69, 9.17) is 10.5 Å². The minimum absolute atomic E-state index is 0.0195. The number of amides is 2. The number of hydrogen-bond acceptors (Lipinski definition) is 6. The SMILES string of the molecule is Cc1nn(C)cc1-c1ccc2c(C(=O)NC3CCC(Oc4ncccc4C(N)=O)CC3)nc(C)n2c1. The van der Waals surface area contributed by atoms with Crippen LogP contribution in [0.15, 0.2) is 42.9 Å². The van der Waals surface area contributed by atoms with Gasteiger partial charge in [0, 0.05) is 42.8 Å². The summed E-state index contributed by atoms with van der Waals surface area (Å²) in [6, 6.07) is 7.21. The summed E-state index contributed by atoms with van der Waals surface area (Å²) in [5, 5.41) is 7.56. The third-order valence-corrected chi connectivity index (χ3v) is 6.68. The fourth-order valence-corrected chi connectivity index (χ4v) is 4.85. The summed E-state index contributed by atoms with van der Waals surface area (Å²) in [5.74, 6) is 0.259. The number of aromatic nitrogens is 5. The maximum Gasteiger partial charge on any atom is 0.272 e. The number of ether oxygens (including phenoxy) is 1. The van der Waals surface area contributed by atoms with Gasteiger partial charge >= 0.3 is 0 Å². The number of nitrogens with two attached hydrogens (primary N) is 1. The molecule has 0 aromatic carbocycles. The van der Waals surface area contributed by atoms with Crippen molar-refractivity contribution in [3.63, 3.8) is 0 Å². The second-order valence-corrected chi connectivity index (χ2v) is 9.27. The van der Waals surface area contributed by atoms with E-state index in [2.05, 4.69) is 20.4 Å². The first kappa shape index (κ1) is 23.5. The highest BCUT2D eigenvalue weighted by Gasteiger charge is 2.27. The minimum Gasteiger partial charge on any atom is -0.474 e. The molecule has 0 aliphatic heterocycles. The number of rotatable bonds is 6. The summed E-state index contributed by atoms with van der Waals surface area (Å²) in [6.45, 7) is 3.87. The van der Waals surface area contributed by atoms with Crippen LogP contribution in [0.25, 0.3) is 16.6 Å². The fraction of sp³-hybridized carbons (Fsp3) is 0.346. The van der Waals surface area contributed by atoms with E-state index in [1.54, 1.807) is 23.0 Å². The van der Waals surface area contributed by atoms with Crippen molar-refractivity contribution in [2.45, 2.75) is 51.7 Å². The van der Waals surface area contributed by atoms with Crippen LogP contribution in [-0.2, 0) is 7.05 Å². The maximum atomic E-state index is 13.2. The van der Waals surface area contributed by atoms with Crippen molar-refractivity contribution < 1.29 is 14.3 Å². The Balaban J connectivity index is 1.25. The molecule has 1 saturated carbocycles. The van der Waals surface area contributed by atoms with Gasteiger partial charge in [0.15, 0.2) is 5.69 Å². The molecule has 5 rings (SSSR count). The van der Waals surface area contributed by atoms with Crippen molar-refractivity contribution in [3.05, 3.63) is 65.6 Å². The highest BCUT2D eigenvalue weighted by Crippen LogP contribution is 2.27. The molecule has 4 aromatic heterocycles. The quantitative estimate of drug-likeness (QED) is 0.430. The number of hydrogen-bond donors (Lipinski definition) is 2. The summed E-state index contributed by atoms with van der Waals surface area (Å²) < 4.78 is 9.70. The van der Waals surface area contributed by atoms with Gasteiger partial charge in [-0.25, -0.2) is 9.97 Å². The highest BCUT2D eigenvalue weighted by molar-refractivity contribution is 5.99. The highest BCUT2D eigenvalue weighted by atomic mass is 16.5. The van der Waals surface area contributed by atoms with Gasteiger partial charge in [-0.15, -0.1) is 0 Å². The van der Waals surface area contributed by atoms with Crippen LogP contribution >= 0.6 is 0 Å². The lowest BCUT2D eigenvalue weighted by molar-refractivity contribution is 0.0878. The monoisotopic (exact) mass is 487 g/mol. The Labute approximate surface area is 208 Å². The number of carbonyl (C=O) groups is 2. The molecule has 2 amide bonds. The van der Waals surface area contributed by atoms with Crippen LogP contribution in [0.5, 0.6) is 5.88 Å². The number of aryl methyl sites for hydroxylation is 3. The standard InChI is InChI=1S/C26H29N7O3/c1-15-21(14-32(3)31-15)17-6-11-22-23(29-16(2)33(22)13-17)25(35)30-18-7-9-19(10-8-18)36-26-20(24(27)34)5-4-12-28-26/h4-6,11-14,18-19H,7-10H2,1-3H3,(H2,27,34)(H,30,35). The molecule has 36 heavy (non-hydrogen) atoms. The van der Waals surface area contributed by atoms with Crippen LogP contribution in [-0.4, -0.2) is 48.1 Å². The normalized spacial score (nSPS) is 17.8. The van der Waals surface area contributed by atoms with Gasteiger partial charge in [0.25, 0.3) is 11.8 Å². The van der Waals surface area contributed by atoms with Crippen molar-refractivity contribution in [3.8, 4) is 17.0 Å². The number of carbonyl (C=O) groups excluding carboxylic acids is 2. The van der Waals surface area contributed by atoms with E-state index >= 15 is 0 Å². The van der Waals surface area contributed by atoms with Gasteiger partial charge in [0.05, 0.1) is 11.2 Å². The minimum atomic E-state index is -0.565. The predicted molar refractivity (Wildman–Crippen MR) is 134 cm³/mol. The molecule has 10 nitrogen and oxygen atoms in total. The molecular weight excluding hydrogens is 458 g/mol. The smallest absolute Gasteiger partial charge is 0.272 e. The van der Waals surface area contributed by atoms with E-state index in [0.29, 0.717) is 5.69 Å². The Kier molecular flexibility index (Phi) is 6.17. The summed E-state index contributed by atoms with van der Waals surface area (Å²) in [5.41, 5.74) is 9.89. The average Bonchev–Trinajstić information content (AvgIpc) is 3.38. The van der Waals surface area contributed by atoms with Crippen molar-refractivity contribution in [2.24, 2.45) is 12.8 Å². The number of primary amides is 1. The van der Waals surface area contributed by atoms with Crippen LogP contribution in [0.3, 0.4) is 0 Å². The van der Waals surface area contributed by atoms with Crippen molar-refractivity contribution in [1.82, 2.24) is 29.5 Å². The molecule has 0 saturated heterocycles. The molecule has 0 unspecified atom stereocenters. The van der Waals surface area contributed by atoms with Crippen molar-refractivity contribution in [2.75, 3.05) is 0 Å². The van der Waals surface area contributed by atoms with E-state index < -0.39 is 5.91 Å². The average molecular weight is 488 g/mol. The lowest BCUT2D eigenvalue weighted by Gasteiger charge is -2.29. The summed E-state index contributed by atoms with van der Waals surface area (Å²) >= 11 is 0. The van der Waals surface area contributed by atoms with E-state index in [1.165, 1.54) is 0 Å². The molecule has 0 spiro atoms. The Morgan fingerprint density at radius 2 is 1.89 bits per heavy atom. The lowest BCUT2D eigenvalue weighted by atomic mass is 9.93.